The molecule has 0 fully saturated rings. The van der Waals surface area contributed by atoms with Crippen molar-refractivity contribution in [2.24, 2.45) is 0 Å². The van der Waals surface area contributed by atoms with E-state index in [9.17, 15) is 4.39 Å². The molecule has 0 radical (unpaired) electrons. The van der Waals surface area contributed by atoms with Gasteiger partial charge in [-0.15, -0.1) is 0 Å². The van der Waals surface area contributed by atoms with Crippen LogP contribution < -0.4 is 10.1 Å². The molecule has 20 heavy (non-hydrogen) atoms. The number of rotatable bonds is 5. The quantitative estimate of drug-likeness (QED) is 0.883. The van der Waals surface area contributed by atoms with Crippen molar-refractivity contribution in [3.05, 3.63) is 52.5 Å². The smallest absolute Gasteiger partial charge is 0.146 e. The van der Waals surface area contributed by atoms with Crippen LogP contribution in [0.2, 0.25) is 0 Å². The fraction of sp³-hybridized carbons (Fsp3) is 0.267. The minimum Gasteiger partial charge on any atom is -0.455 e. The summed E-state index contributed by atoms with van der Waals surface area (Å²) in [6.45, 7) is 4.63. The standard InChI is InChI=1S/C15H16BrFN2O/c1-10(2)19-7-11-5-13(17)3-4-15(11)20-14-6-12(16)8-18-9-14/h3-6,8-10,19H,7H2,1-2H3. The Balaban J connectivity index is 2.21. The molecule has 3 nitrogen and oxygen atoms in total. The highest BCUT2D eigenvalue weighted by atomic mass is 79.9. The summed E-state index contributed by atoms with van der Waals surface area (Å²) in [5.74, 6) is 0.960. The van der Waals surface area contributed by atoms with Gasteiger partial charge in [-0.1, -0.05) is 13.8 Å². The van der Waals surface area contributed by atoms with Crippen molar-refractivity contribution in [2.45, 2.75) is 26.4 Å². The zero-order valence-electron chi connectivity index (χ0n) is 11.4. The molecule has 0 atom stereocenters. The van der Waals surface area contributed by atoms with Crippen LogP contribution in [0.1, 0.15) is 19.4 Å². The highest BCUT2D eigenvalue weighted by molar-refractivity contribution is 9.10. The third-order valence-corrected chi connectivity index (χ3v) is 3.06. The van der Waals surface area contributed by atoms with E-state index in [4.69, 9.17) is 4.74 Å². The maximum atomic E-state index is 13.4. The van der Waals surface area contributed by atoms with Crippen molar-refractivity contribution < 1.29 is 9.13 Å². The van der Waals surface area contributed by atoms with Gasteiger partial charge in [0.1, 0.15) is 17.3 Å². The minimum atomic E-state index is -0.273. The summed E-state index contributed by atoms with van der Waals surface area (Å²) in [6.07, 6.45) is 3.30. The second kappa shape index (κ2) is 6.81. The SMILES string of the molecule is CC(C)NCc1cc(F)ccc1Oc1cncc(Br)c1. The number of nitrogens with one attached hydrogen (secondary N) is 1. The molecule has 1 aromatic carbocycles. The molecule has 0 amide bonds. The van der Waals surface area contributed by atoms with Crippen LogP contribution in [0.3, 0.4) is 0 Å². The molecule has 5 heteroatoms. The van der Waals surface area contributed by atoms with E-state index in [1.54, 1.807) is 18.5 Å². The molecule has 0 aliphatic rings. The summed E-state index contributed by atoms with van der Waals surface area (Å²) in [5.41, 5.74) is 0.777. The molecule has 2 aromatic rings. The van der Waals surface area contributed by atoms with Gasteiger partial charge in [0, 0.05) is 28.8 Å². The molecule has 0 bridgehead atoms. The highest BCUT2D eigenvalue weighted by Crippen LogP contribution is 2.27. The van der Waals surface area contributed by atoms with Crippen LogP contribution in [0.5, 0.6) is 11.5 Å². The van der Waals surface area contributed by atoms with Crippen LogP contribution in [0.15, 0.2) is 41.1 Å². The molecule has 0 aliphatic heterocycles. The van der Waals surface area contributed by atoms with E-state index >= 15 is 0 Å². The Bertz CT molecular complexity index is 590. The third kappa shape index (κ3) is 4.28. The summed E-state index contributed by atoms with van der Waals surface area (Å²) >= 11 is 3.34. The van der Waals surface area contributed by atoms with Crippen LogP contribution >= 0.6 is 15.9 Å². The van der Waals surface area contributed by atoms with E-state index in [1.165, 1.54) is 12.1 Å². The molecule has 0 saturated heterocycles. The van der Waals surface area contributed by atoms with Crippen molar-refractivity contribution >= 4 is 15.9 Å². The van der Waals surface area contributed by atoms with E-state index in [-0.39, 0.29) is 5.82 Å². The summed E-state index contributed by atoms with van der Waals surface area (Å²) in [4.78, 5) is 4.04. The first-order valence-corrected chi connectivity index (χ1v) is 7.14. The monoisotopic (exact) mass is 338 g/mol. The van der Waals surface area contributed by atoms with E-state index in [1.807, 2.05) is 19.9 Å². The fourth-order valence-electron chi connectivity index (χ4n) is 1.67. The summed E-state index contributed by atoms with van der Waals surface area (Å²) in [7, 11) is 0. The van der Waals surface area contributed by atoms with Gasteiger partial charge in [0.2, 0.25) is 0 Å². The first kappa shape index (κ1) is 14.9. The Morgan fingerprint density at radius 3 is 2.80 bits per heavy atom. The molecule has 0 aliphatic carbocycles. The van der Waals surface area contributed by atoms with Crippen LogP contribution in [0, 0.1) is 5.82 Å². The fourth-order valence-corrected chi connectivity index (χ4v) is 2.02. The van der Waals surface area contributed by atoms with Crippen molar-refractivity contribution in [2.75, 3.05) is 0 Å². The average Bonchev–Trinajstić information content (AvgIpc) is 2.39. The number of aromatic nitrogens is 1. The lowest BCUT2D eigenvalue weighted by Gasteiger charge is -2.13. The number of nitrogens with zero attached hydrogens (tertiary/aromatic N) is 1. The molecule has 2 rings (SSSR count). The Morgan fingerprint density at radius 2 is 2.10 bits per heavy atom. The topological polar surface area (TPSA) is 34.1 Å². The molecule has 1 aromatic heterocycles. The van der Waals surface area contributed by atoms with Gasteiger partial charge in [-0.3, -0.25) is 4.98 Å². The molecular weight excluding hydrogens is 323 g/mol. The van der Waals surface area contributed by atoms with E-state index in [0.29, 0.717) is 24.1 Å². The van der Waals surface area contributed by atoms with Crippen molar-refractivity contribution in [1.29, 1.82) is 0 Å². The Labute approximate surface area is 126 Å². The maximum Gasteiger partial charge on any atom is 0.146 e. The molecule has 1 N–H and O–H groups in total. The Kier molecular flexibility index (Phi) is 5.09. The number of pyridine rings is 1. The maximum absolute atomic E-state index is 13.4. The molecule has 0 unspecified atom stereocenters. The lowest BCUT2D eigenvalue weighted by atomic mass is 10.2. The number of hydrogen-bond acceptors (Lipinski definition) is 3. The molecule has 106 valence electrons. The van der Waals surface area contributed by atoms with Crippen LogP contribution in [0.4, 0.5) is 4.39 Å². The summed E-state index contributed by atoms with van der Waals surface area (Å²) < 4.78 is 20.0. The first-order valence-electron chi connectivity index (χ1n) is 6.35. The minimum absolute atomic E-state index is 0.273. The van der Waals surface area contributed by atoms with Gasteiger partial charge >= 0.3 is 0 Å². The van der Waals surface area contributed by atoms with Crippen LogP contribution in [-0.2, 0) is 6.54 Å². The predicted molar refractivity (Wildman–Crippen MR) is 80.4 cm³/mol. The largest absolute Gasteiger partial charge is 0.455 e. The second-order valence-corrected chi connectivity index (χ2v) is 5.64. The summed E-state index contributed by atoms with van der Waals surface area (Å²) in [6, 6.07) is 6.64. The lowest BCUT2D eigenvalue weighted by molar-refractivity contribution is 0.464. The van der Waals surface area contributed by atoms with Crippen molar-refractivity contribution in [1.82, 2.24) is 10.3 Å². The highest BCUT2D eigenvalue weighted by Gasteiger charge is 2.08. The van der Waals surface area contributed by atoms with Gasteiger partial charge in [0.15, 0.2) is 0 Å². The van der Waals surface area contributed by atoms with E-state index in [0.717, 1.165) is 10.0 Å². The number of ether oxygens (including phenoxy) is 1. The predicted octanol–water partition coefficient (Wildman–Crippen LogP) is 4.27. The number of hydrogen-bond donors (Lipinski definition) is 1. The van der Waals surface area contributed by atoms with Gasteiger partial charge in [-0.05, 0) is 40.2 Å². The van der Waals surface area contributed by atoms with Crippen LogP contribution in [0.25, 0.3) is 0 Å². The lowest BCUT2D eigenvalue weighted by Crippen LogP contribution is -2.22. The normalized spacial score (nSPS) is 10.8. The molecular formula is C15H16BrFN2O. The molecule has 1 heterocycles. The third-order valence-electron chi connectivity index (χ3n) is 2.63. The average molecular weight is 339 g/mol. The van der Waals surface area contributed by atoms with Gasteiger partial charge in [0.05, 0.1) is 6.20 Å². The van der Waals surface area contributed by atoms with Crippen LogP contribution in [-0.4, -0.2) is 11.0 Å². The zero-order valence-corrected chi connectivity index (χ0v) is 12.9. The van der Waals surface area contributed by atoms with Crippen molar-refractivity contribution in [3.8, 4) is 11.5 Å². The van der Waals surface area contributed by atoms with Gasteiger partial charge < -0.3 is 10.1 Å². The second-order valence-electron chi connectivity index (χ2n) is 4.73. The van der Waals surface area contributed by atoms with E-state index in [2.05, 4.69) is 26.2 Å². The van der Waals surface area contributed by atoms with Gasteiger partial charge in [-0.2, -0.15) is 0 Å². The Morgan fingerprint density at radius 1 is 1.30 bits per heavy atom. The first-order chi connectivity index (χ1) is 9.54. The van der Waals surface area contributed by atoms with Gasteiger partial charge in [0.25, 0.3) is 0 Å². The van der Waals surface area contributed by atoms with Crippen molar-refractivity contribution in [3.63, 3.8) is 0 Å². The Hall–Kier alpha value is -1.46. The molecule has 0 spiro atoms. The zero-order chi connectivity index (χ0) is 14.5. The van der Waals surface area contributed by atoms with Gasteiger partial charge in [-0.25, -0.2) is 4.39 Å². The number of benzene rings is 1. The summed E-state index contributed by atoms with van der Waals surface area (Å²) in [5, 5.41) is 3.25. The molecule has 0 saturated carbocycles. The van der Waals surface area contributed by atoms with E-state index < -0.39 is 0 Å². The number of halogens is 2.